The zero-order valence-electron chi connectivity index (χ0n) is 11.6. The van der Waals surface area contributed by atoms with Gasteiger partial charge in [0.2, 0.25) is 10.0 Å². The van der Waals surface area contributed by atoms with E-state index in [2.05, 4.69) is 10.3 Å². The van der Waals surface area contributed by atoms with E-state index in [9.17, 15) is 18.0 Å². The molecule has 7 nitrogen and oxygen atoms in total. The molecule has 0 bridgehead atoms. The number of amides is 1. The van der Waals surface area contributed by atoms with Crippen LogP contribution in [0.1, 0.15) is 21.5 Å². The molecule has 2 rings (SSSR count). The summed E-state index contributed by atoms with van der Waals surface area (Å²) < 4.78 is 22.0. The fourth-order valence-electron chi connectivity index (χ4n) is 1.86. The van der Waals surface area contributed by atoms with E-state index in [1.54, 1.807) is 30.3 Å². The van der Waals surface area contributed by atoms with E-state index >= 15 is 0 Å². The molecule has 1 aromatic carbocycles. The van der Waals surface area contributed by atoms with Gasteiger partial charge >= 0.3 is 0 Å². The van der Waals surface area contributed by atoms with Crippen LogP contribution in [0.3, 0.4) is 0 Å². The van der Waals surface area contributed by atoms with Gasteiger partial charge < -0.3 is 10.3 Å². The number of hydrogen-bond donors (Lipinski definition) is 3. The highest BCUT2D eigenvalue weighted by Gasteiger charge is 2.09. The summed E-state index contributed by atoms with van der Waals surface area (Å²) in [4.78, 5) is 25.8. The maximum absolute atomic E-state index is 11.9. The minimum atomic E-state index is -3.56. The number of aromatic nitrogens is 1. The van der Waals surface area contributed by atoms with Gasteiger partial charge in [-0.15, -0.1) is 0 Å². The largest absolute Gasteiger partial charge is 0.348 e. The first kappa shape index (κ1) is 15.9. The van der Waals surface area contributed by atoms with Gasteiger partial charge in [-0.1, -0.05) is 24.3 Å². The molecular formula is C14H15N3O4S. The van der Waals surface area contributed by atoms with Crippen molar-refractivity contribution >= 4 is 15.9 Å². The number of sulfonamides is 1. The molecule has 0 spiro atoms. The van der Waals surface area contributed by atoms with Crippen molar-refractivity contribution in [2.24, 2.45) is 5.14 Å². The number of hydrogen-bond acceptors (Lipinski definition) is 4. The summed E-state index contributed by atoms with van der Waals surface area (Å²) in [5.41, 5.74) is 0.924. The molecule has 1 heterocycles. The summed E-state index contributed by atoms with van der Waals surface area (Å²) in [6.45, 7) is 0.225. The van der Waals surface area contributed by atoms with Crippen LogP contribution in [-0.2, 0) is 22.3 Å². The Kier molecular flexibility index (Phi) is 4.74. The van der Waals surface area contributed by atoms with Gasteiger partial charge in [0.15, 0.2) is 0 Å². The Bertz CT molecular complexity index is 826. The highest BCUT2D eigenvalue weighted by atomic mass is 32.2. The maximum atomic E-state index is 11.9. The first-order valence-electron chi connectivity index (χ1n) is 6.39. The third kappa shape index (κ3) is 4.54. The molecule has 0 saturated carbocycles. The van der Waals surface area contributed by atoms with Crippen molar-refractivity contribution in [3.05, 3.63) is 69.6 Å². The number of carbonyl (C=O) groups excluding carboxylic acids is 1. The molecule has 116 valence electrons. The second-order valence-electron chi connectivity index (χ2n) is 4.72. The standard InChI is InChI=1S/C14H15N3O4S/c15-22(20,21)9-11-5-3-10(4-6-11)8-17-14(19)12-2-1-7-16-13(12)18/h1-7H,8-9H2,(H,16,18)(H,17,19)(H2,15,20,21). The monoisotopic (exact) mass is 321 g/mol. The van der Waals surface area contributed by atoms with Crippen LogP contribution >= 0.6 is 0 Å². The summed E-state index contributed by atoms with van der Waals surface area (Å²) in [6.07, 6.45) is 1.45. The first-order valence-corrected chi connectivity index (χ1v) is 8.11. The highest BCUT2D eigenvalue weighted by Crippen LogP contribution is 2.07. The van der Waals surface area contributed by atoms with Crippen molar-refractivity contribution in [3.63, 3.8) is 0 Å². The third-order valence-corrected chi connectivity index (χ3v) is 3.64. The second kappa shape index (κ2) is 6.54. The SMILES string of the molecule is NS(=O)(=O)Cc1ccc(CNC(=O)c2ccc[nH]c2=O)cc1. The predicted octanol–water partition coefficient (Wildman–Crippen LogP) is 0.0934. The minimum absolute atomic E-state index is 0.0355. The molecule has 1 aromatic heterocycles. The van der Waals surface area contributed by atoms with E-state index in [0.717, 1.165) is 5.56 Å². The Morgan fingerprint density at radius 1 is 1.14 bits per heavy atom. The van der Waals surface area contributed by atoms with Crippen molar-refractivity contribution < 1.29 is 13.2 Å². The Labute approximate surface area is 127 Å². The number of aromatic amines is 1. The van der Waals surface area contributed by atoms with Gasteiger partial charge in [0.25, 0.3) is 11.5 Å². The minimum Gasteiger partial charge on any atom is -0.348 e. The van der Waals surface area contributed by atoms with Gasteiger partial charge in [-0.3, -0.25) is 9.59 Å². The Balaban J connectivity index is 1.99. The molecule has 0 saturated heterocycles. The van der Waals surface area contributed by atoms with Crippen LogP contribution in [0.2, 0.25) is 0 Å². The normalized spacial score (nSPS) is 11.1. The van der Waals surface area contributed by atoms with Crippen LogP contribution in [0.4, 0.5) is 0 Å². The number of rotatable bonds is 5. The highest BCUT2D eigenvalue weighted by molar-refractivity contribution is 7.88. The summed E-state index contributed by atoms with van der Waals surface area (Å²) in [7, 11) is -3.56. The lowest BCUT2D eigenvalue weighted by Gasteiger charge is -2.06. The van der Waals surface area contributed by atoms with Crippen molar-refractivity contribution in [2.75, 3.05) is 0 Å². The molecule has 0 aliphatic carbocycles. The third-order valence-electron chi connectivity index (χ3n) is 2.91. The lowest BCUT2D eigenvalue weighted by molar-refractivity contribution is 0.0949. The van der Waals surface area contributed by atoms with Gasteiger partial charge in [0, 0.05) is 12.7 Å². The maximum Gasteiger partial charge on any atom is 0.260 e. The Morgan fingerprint density at radius 2 is 1.77 bits per heavy atom. The summed E-state index contributed by atoms with van der Waals surface area (Å²) in [6, 6.07) is 9.64. The summed E-state index contributed by atoms with van der Waals surface area (Å²) in [5.74, 6) is -0.713. The molecule has 0 radical (unpaired) electrons. The number of nitrogens with two attached hydrogens (primary N) is 1. The van der Waals surface area contributed by atoms with Crippen LogP contribution in [0.5, 0.6) is 0 Å². The van der Waals surface area contributed by atoms with Crippen LogP contribution in [0.25, 0.3) is 0 Å². The second-order valence-corrected chi connectivity index (χ2v) is 6.33. The molecule has 4 N–H and O–H groups in total. The van der Waals surface area contributed by atoms with E-state index in [1.807, 2.05) is 0 Å². The topological polar surface area (TPSA) is 122 Å². The molecular weight excluding hydrogens is 306 g/mol. The van der Waals surface area contributed by atoms with E-state index in [0.29, 0.717) is 5.56 Å². The van der Waals surface area contributed by atoms with E-state index in [4.69, 9.17) is 5.14 Å². The molecule has 8 heteroatoms. The van der Waals surface area contributed by atoms with Crippen LogP contribution < -0.4 is 16.0 Å². The number of carbonyl (C=O) groups is 1. The number of pyridine rings is 1. The van der Waals surface area contributed by atoms with Gasteiger partial charge in [-0.05, 0) is 23.3 Å². The van der Waals surface area contributed by atoms with Crippen LogP contribution in [0.15, 0.2) is 47.4 Å². The first-order chi connectivity index (χ1) is 10.3. The lowest BCUT2D eigenvalue weighted by Crippen LogP contribution is -2.28. The molecule has 0 aliphatic rings. The molecule has 2 aromatic rings. The zero-order valence-corrected chi connectivity index (χ0v) is 12.4. The van der Waals surface area contributed by atoms with Gasteiger partial charge in [-0.25, -0.2) is 13.6 Å². The zero-order chi connectivity index (χ0) is 16.2. The fourth-order valence-corrected chi connectivity index (χ4v) is 2.52. The number of H-pyrrole nitrogens is 1. The van der Waals surface area contributed by atoms with Gasteiger partial charge in [0.1, 0.15) is 5.56 Å². The molecule has 0 atom stereocenters. The average molecular weight is 321 g/mol. The molecule has 1 amide bonds. The van der Waals surface area contributed by atoms with E-state index < -0.39 is 21.5 Å². The van der Waals surface area contributed by atoms with E-state index in [1.165, 1.54) is 12.3 Å². The number of nitrogens with one attached hydrogen (secondary N) is 2. The predicted molar refractivity (Wildman–Crippen MR) is 81.5 cm³/mol. The summed E-state index contributed by atoms with van der Waals surface area (Å²) in [5, 5.41) is 7.59. The molecule has 0 fully saturated rings. The van der Waals surface area contributed by atoms with Crippen LogP contribution in [0, 0.1) is 0 Å². The number of primary sulfonamides is 1. The van der Waals surface area contributed by atoms with Gasteiger partial charge in [0.05, 0.1) is 5.75 Å². The quantitative estimate of drug-likeness (QED) is 0.722. The number of benzene rings is 1. The van der Waals surface area contributed by atoms with Crippen molar-refractivity contribution in [1.82, 2.24) is 10.3 Å². The summed E-state index contributed by atoms with van der Waals surface area (Å²) >= 11 is 0. The smallest absolute Gasteiger partial charge is 0.260 e. The van der Waals surface area contributed by atoms with Crippen molar-refractivity contribution in [2.45, 2.75) is 12.3 Å². The Hall–Kier alpha value is -2.45. The molecule has 0 aliphatic heterocycles. The average Bonchev–Trinajstić information content (AvgIpc) is 2.45. The van der Waals surface area contributed by atoms with Crippen molar-refractivity contribution in [3.8, 4) is 0 Å². The van der Waals surface area contributed by atoms with Gasteiger partial charge in [-0.2, -0.15) is 0 Å². The fraction of sp³-hybridized carbons (Fsp3) is 0.143. The van der Waals surface area contributed by atoms with Crippen molar-refractivity contribution in [1.29, 1.82) is 0 Å². The molecule has 22 heavy (non-hydrogen) atoms. The Morgan fingerprint density at radius 3 is 2.36 bits per heavy atom. The lowest BCUT2D eigenvalue weighted by atomic mass is 10.1. The molecule has 0 unspecified atom stereocenters. The van der Waals surface area contributed by atoms with E-state index in [-0.39, 0.29) is 17.9 Å². The van der Waals surface area contributed by atoms with Crippen LogP contribution in [-0.4, -0.2) is 19.3 Å².